The Kier molecular flexibility index (Phi) is 8.67. The van der Waals surface area contributed by atoms with Crippen LogP contribution < -0.4 is 0 Å². The SMILES string of the molecule is C#C[C@@]1(CCC)/C(=N/S(=O)(=O)c2ccc(C)cc2)C[C@H]2CC[C@@H]1C=C2O[Si](C(C)C)(C(C)C)C(C)C. The molecule has 0 aliphatic heterocycles. The lowest BCUT2D eigenvalue weighted by Crippen LogP contribution is -2.48. The van der Waals surface area contributed by atoms with Gasteiger partial charge in [0.05, 0.1) is 21.8 Å². The summed E-state index contributed by atoms with van der Waals surface area (Å²) in [6.45, 7) is 17.8. The largest absolute Gasteiger partial charge is 0.546 e. The molecule has 0 aromatic heterocycles. The van der Waals surface area contributed by atoms with Crippen molar-refractivity contribution in [2.24, 2.45) is 21.6 Å². The zero-order chi connectivity index (χ0) is 26.9. The predicted molar refractivity (Wildman–Crippen MR) is 153 cm³/mol. The van der Waals surface area contributed by atoms with E-state index in [0.717, 1.165) is 30.6 Å². The fourth-order valence-corrected chi connectivity index (χ4v) is 13.3. The predicted octanol–water partition coefficient (Wildman–Crippen LogP) is 8.05. The van der Waals surface area contributed by atoms with E-state index in [2.05, 4.69) is 64.9 Å². The second-order valence-electron chi connectivity index (χ2n) is 11.8. The Morgan fingerprint density at radius 1 is 1.08 bits per heavy atom. The van der Waals surface area contributed by atoms with Crippen LogP contribution in [-0.4, -0.2) is 22.4 Å². The molecule has 1 saturated carbocycles. The Bertz CT molecular complexity index is 1120. The van der Waals surface area contributed by atoms with Crippen molar-refractivity contribution in [1.82, 2.24) is 0 Å². The molecule has 4 nitrogen and oxygen atoms in total. The van der Waals surface area contributed by atoms with Crippen molar-refractivity contribution >= 4 is 24.1 Å². The van der Waals surface area contributed by atoms with Gasteiger partial charge < -0.3 is 4.43 Å². The highest BCUT2D eigenvalue weighted by molar-refractivity contribution is 7.90. The topological polar surface area (TPSA) is 55.7 Å². The average Bonchev–Trinajstić information content (AvgIpc) is 3.00. The van der Waals surface area contributed by atoms with Gasteiger partial charge in [-0.2, -0.15) is 12.8 Å². The van der Waals surface area contributed by atoms with Gasteiger partial charge >= 0.3 is 0 Å². The Labute approximate surface area is 221 Å². The van der Waals surface area contributed by atoms with Gasteiger partial charge in [0.1, 0.15) is 0 Å². The van der Waals surface area contributed by atoms with E-state index >= 15 is 0 Å². The number of hydrogen-bond donors (Lipinski definition) is 0. The molecule has 3 aliphatic rings. The molecular formula is C30H45NO3SSi. The van der Waals surface area contributed by atoms with Crippen LogP contribution >= 0.6 is 0 Å². The maximum absolute atomic E-state index is 13.4. The number of benzene rings is 1. The molecule has 0 spiro atoms. The molecule has 1 aromatic carbocycles. The molecule has 1 fully saturated rings. The summed E-state index contributed by atoms with van der Waals surface area (Å²) in [6, 6.07) is 6.90. The number of nitrogens with zero attached hydrogens (tertiary/aromatic N) is 1. The highest BCUT2D eigenvalue weighted by Crippen LogP contribution is 2.52. The zero-order valence-corrected chi connectivity index (χ0v) is 25.3. The summed E-state index contributed by atoms with van der Waals surface area (Å²) in [6.07, 6.45) is 12.6. The summed E-state index contributed by atoms with van der Waals surface area (Å²) in [5.41, 5.74) is 2.33. The standard InChI is InChI=1S/C30H45NO3SSi/c1-10-18-30(11-2)26-15-14-25(28(20-26)34-36(21(3)4,22(5)6)23(7)8)19-29(30)31-35(32,33)27-16-12-24(9)13-17-27/h2,12-13,16-17,20-23,25-26H,10,14-15,18-19H2,1,3-9H3/b31-29+/t25-,26-,30+/m1/s1. The fourth-order valence-electron chi connectivity index (χ4n) is 6.85. The van der Waals surface area contributed by atoms with E-state index in [0.29, 0.717) is 35.2 Å². The highest BCUT2D eigenvalue weighted by atomic mass is 32.2. The van der Waals surface area contributed by atoms with Crippen molar-refractivity contribution in [3.63, 3.8) is 0 Å². The quantitative estimate of drug-likeness (QED) is 0.241. The Balaban J connectivity index is 2.13. The number of hydrogen-bond acceptors (Lipinski definition) is 3. The number of terminal acetylenes is 1. The van der Waals surface area contributed by atoms with Crippen LogP contribution in [0.3, 0.4) is 0 Å². The highest BCUT2D eigenvalue weighted by Gasteiger charge is 2.52. The van der Waals surface area contributed by atoms with E-state index < -0.39 is 23.8 Å². The molecule has 4 rings (SSSR count). The first-order valence-corrected chi connectivity index (χ1v) is 17.2. The van der Waals surface area contributed by atoms with Gasteiger partial charge in [0.2, 0.25) is 0 Å². The van der Waals surface area contributed by atoms with Crippen molar-refractivity contribution in [3.8, 4) is 12.3 Å². The third kappa shape index (κ3) is 5.11. The fraction of sp³-hybridized carbons (Fsp3) is 0.633. The van der Waals surface area contributed by atoms with Crippen molar-refractivity contribution in [3.05, 3.63) is 41.7 Å². The van der Waals surface area contributed by atoms with Crippen LogP contribution in [0.2, 0.25) is 16.6 Å². The molecule has 3 aliphatic carbocycles. The Hall–Kier alpha value is -1.84. The van der Waals surface area contributed by atoms with Gasteiger partial charge in [0.25, 0.3) is 18.3 Å². The minimum Gasteiger partial charge on any atom is -0.546 e. The average molecular weight is 528 g/mol. The maximum atomic E-state index is 13.4. The molecule has 6 heteroatoms. The smallest absolute Gasteiger partial charge is 0.282 e. The molecule has 0 saturated heterocycles. The first-order chi connectivity index (χ1) is 16.8. The van der Waals surface area contributed by atoms with Gasteiger partial charge in [-0.05, 0) is 67.4 Å². The van der Waals surface area contributed by atoms with Gasteiger partial charge in [-0.1, -0.05) is 78.5 Å². The molecule has 0 heterocycles. The van der Waals surface area contributed by atoms with Gasteiger partial charge in [0.15, 0.2) is 0 Å². The van der Waals surface area contributed by atoms with Crippen molar-refractivity contribution in [1.29, 1.82) is 0 Å². The van der Waals surface area contributed by atoms with Crippen LogP contribution in [-0.2, 0) is 14.4 Å². The lowest BCUT2D eigenvalue weighted by atomic mass is 9.68. The summed E-state index contributed by atoms with van der Waals surface area (Å²) in [5.74, 6) is 4.27. The molecule has 36 heavy (non-hydrogen) atoms. The van der Waals surface area contributed by atoms with E-state index in [1.54, 1.807) is 12.1 Å². The second kappa shape index (κ2) is 10.9. The van der Waals surface area contributed by atoms with Crippen LogP contribution in [0.1, 0.15) is 86.1 Å². The van der Waals surface area contributed by atoms with E-state index in [4.69, 9.17) is 10.8 Å². The number of rotatable bonds is 9. The van der Waals surface area contributed by atoms with Crippen LogP contribution in [0.25, 0.3) is 0 Å². The van der Waals surface area contributed by atoms with E-state index in [1.807, 2.05) is 19.1 Å². The second-order valence-corrected chi connectivity index (χ2v) is 18.7. The summed E-state index contributed by atoms with van der Waals surface area (Å²) < 4.78 is 38.6. The van der Waals surface area contributed by atoms with Crippen LogP contribution in [0.15, 0.2) is 45.4 Å². The van der Waals surface area contributed by atoms with Crippen LogP contribution in [0, 0.1) is 36.5 Å². The Morgan fingerprint density at radius 3 is 2.17 bits per heavy atom. The van der Waals surface area contributed by atoms with Crippen LogP contribution in [0.4, 0.5) is 0 Å². The zero-order valence-electron chi connectivity index (χ0n) is 23.5. The van der Waals surface area contributed by atoms with E-state index in [-0.39, 0.29) is 16.7 Å². The van der Waals surface area contributed by atoms with E-state index in [9.17, 15) is 8.42 Å². The Morgan fingerprint density at radius 2 is 1.67 bits per heavy atom. The minimum absolute atomic E-state index is 0.0290. The molecule has 198 valence electrons. The summed E-state index contributed by atoms with van der Waals surface area (Å²) in [4.78, 5) is 0.217. The number of fused-ring (bicyclic) bond motifs is 3. The normalized spacial score (nSPS) is 25.8. The summed E-state index contributed by atoms with van der Waals surface area (Å²) in [5, 5.41) is 0. The van der Waals surface area contributed by atoms with Gasteiger partial charge in [-0.3, -0.25) is 0 Å². The molecule has 2 bridgehead atoms. The first-order valence-electron chi connectivity index (χ1n) is 13.6. The lowest BCUT2D eigenvalue weighted by molar-refractivity contribution is 0.261. The van der Waals surface area contributed by atoms with Gasteiger partial charge in [-0.15, -0.1) is 6.42 Å². The third-order valence-electron chi connectivity index (χ3n) is 8.63. The number of allylic oxidation sites excluding steroid dienone is 2. The molecule has 0 radical (unpaired) electrons. The lowest BCUT2D eigenvalue weighted by Gasteiger charge is -2.45. The third-order valence-corrected chi connectivity index (χ3v) is 16.0. The van der Waals surface area contributed by atoms with E-state index in [1.165, 1.54) is 0 Å². The monoisotopic (exact) mass is 527 g/mol. The minimum atomic E-state index is -3.87. The van der Waals surface area contributed by atoms with Crippen molar-refractivity contribution < 1.29 is 12.8 Å². The summed E-state index contributed by atoms with van der Waals surface area (Å²) in [7, 11) is -6.02. The summed E-state index contributed by atoms with van der Waals surface area (Å²) >= 11 is 0. The number of sulfonamides is 1. The first kappa shape index (κ1) is 28.7. The molecule has 0 N–H and O–H groups in total. The van der Waals surface area contributed by atoms with Gasteiger partial charge in [-0.25, -0.2) is 0 Å². The molecule has 0 unspecified atom stereocenters. The molecular weight excluding hydrogens is 482 g/mol. The maximum Gasteiger partial charge on any atom is 0.282 e. The van der Waals surface area contributed by atoms with Crippen LogP contribution in [0.5, 0.6) is 0 Å². The molecule has 3 atom stereocenters. The van der Waals surface area contributed by atoms with Crippen molar-refractivity contribution in [2.45, 2.75) is 109 Å². The van der Waals surface area contributed by atoms with Crippen molar-refractivity contribution in [2.75, 3.05) is 0 Å². The molecule has 1 aromatic rings. The number of aryl methyl sites for hydroxylation is 1. The van der Waals surface area contributed by atoms with Gasteiger partial charge in [0, 0.05) is 11.8 Å². The molecule has 0 amide bonds.